The molecule has 8 N–H and O–H groups in total. The van der Waals surface area contributed by atoms with Crippen LogP contribution in [0.25, 0.3) is 0 Å². The molecule has 1 rings (SSSR count). The summed E-state index contributed by atoms with van der Waals surface area (Å²) in [4.78, 5) is 61.0. The van der Waals surface area contributed by atoms with Crippen LogP contribution in [0.5, 0.6) is 0 Å². The third kappa shape index (κ3) is 10.4. The highest BCUT2D eigenvalue weighted by atomic mass is 31.3. The van der Waals surface area contributed by atoms with Crippen molar-refractivity contribution in [2.45, 2.75) is 25.9 Å². The van der Waals surface area contributed by atoms with Gasteiger partial charge in [0.25, 0.3) is 5.56 Å². The van der Waals surface area contributed by atoms with Crippen LogP contribution in [0, 0.1) is 11.8 Å². The van der Waals surface area contributed by atoms with Gasteiger partial charge in [-0.1, -0.05) is 11.8 Å². The summed E-state index contributed by atoms with van der Waals surface area (Å²) < 4.78 is 51.1. The highest BCUT2D eigenvalue weighted by molar-refractivity contribution is 7.66. The largest absolute Gasteiger partial charge is 0.490 e. The van der Waals surface area contributed by atoms with Gasteiger partial charge in [0, 0.05) is 6.20 Å². The standard InChI is InChI=1S/C12H20N3O14P3/c1-8(16)10(6-27-31(22,23)29-32(24,25)28-30(19,20)21)26-7-15-5-9(3-2-4-13)11(17)14-12(15)18/h5,8,10,16H,4,6-7,13H2,1H3,(H,22,23)(H,24,25)(H,14,17,18)(H2,19,20,21)/t8-,10-/m1/s1. The fourth-order valence-corrected chi connectivity index (χ4v) is 4.84. The van der Waals surface area contributed by atoms with E-state index in [-0.39, 0.29) is 12.1 Å². The van der Waals surface area contributed by atoms with E-state index in [0.29, 0.717) is 0 Å². The lowest BCUT2D eigenvalue weighted by Crippen LogP contribution is -2.36. The molecule has 0 amide bonds. The van der Waals surface area contributed by atoms with Crippen molar-refractivity contribution in [3.05, 3.63) is 32.6 Å². The van der Waals surface area contributed by atoms with E-state index in [1.807, 2.05) is 4.98 Å². The van der Waals surface area contributed by atoms with Gasteiger partial charge in [-0.05, 0) is 6.92 Å². The molecule has 1 aromatic heterocycles. The van der Waals surface area contributed by atoms with Crippen LogP contribution < -0.4 is 17.0 Å². The Morgan fingerprint density at radius 2 is 1.78 bits per heavy atom. The second-order valence-corrected chi connectivity index (χ2v) is 10.2. The monoisotopic (exact) mass is 523 g/mol. The molecule has 0 radical (unpaired) electrons. The van der Waals surface area contributed by atoms with Crippen molar-refractivity contribution >= 4 is 23.5 Å². The highest BCUT2D eigenvalue weighted by Gasteiger charge is 2.41. The zero-order chi connectivity index (χ0) is 24.7. The summed E-state index contributed by atoms with van der Waals surface area (Å²) in [5.74, 6) is 4.83. The Morgan fingerprint density at radius 1 is 1.16 bits per heavy atom. The van der Waals surface area contributed by atoms with Gasteiger partial charge in [0.2, 0.25) is 0 Å². The van der Waals surface area contributed by atoms with E-state index in [2.05, 4.69) is 25.0 Å². The Kier molecular flexibility index (Phi) is 10.3. The van der Waals surface area contributed by atoms with Crippen LogP contribution in [0.3, 0.4) is 0 Å². The summed E-state index contributed by atoms with van der Waals surface area (Å²) in [6, 6.07) is 0. The van der Waals surface area contributed by atoms with Gasteiger partial charge in [0.15, 0.2) is 0 Å². The number of nitrogens with one attached hydrogen (secondary N) is 1. The second kappa shape index (κ2) is 11.6. The SMILES string of the molecule is C[C@@H](O)[C@@H](COP(=O)(O)OP(=O)(O)OP(=O)(O)O)OCn1cc(C#CCN)c(=O)[nH]c1=O. The van der Waals surface area contributed by atoms with E-state index < -0.39 is 60.3 Å². The summed E-state index contributed by atoms with van der Waals surface area (Å²) in [6.07, 6.45) is -1.79. The van der Waals surface area contributed by atoms with E-state index in [4.69, 9.17) is 25.2 Å². The zero-order valence-electron chi connectivity index (χ0n) is 16.1. The Morgan fingerprint density at radius 3 is 2.31 bits per heavy atom. The molecule has 0 aliphatic rings. The van der Waals surface area contributed by atoms with Crippen LogP contribution in [-0.4, -0.2) is 59.6 Å². The molecule has 17 nitrogen and oxygen atoms in total. The van der Waals surface area contributed by atoms with Crippen LogP contribution in [0.15, 0.2) is 15.8 Å². The number of phosphoric ester groups is 1. The molecule has 1 aromatic rings. The van der Waals surface area contributed by atoms with Crippen molar-refractivity contribution in [3.63, 3.8) is 0 Å². The fourth-order valence-electron chi connectivity index (χ4n) is 1.81. The molecule has 0 bridgehead atoms. The Labute approximate surface area is 179 Å². The molecule has 0 fully saturated rings. The molecule has 0 aromatic carbocycles. The van der Waals surface area contributed by atoms with Crippen molar-refractivity contribution in [1.82, 2.24) is 9.55 Å². The molecule has 1 heterocycles. The first-order chi connectivity index (χ1) is 14.6. The number of nitrogens with zero attached hydrogens (tertiary/aromatic N) is 1. The molecular weight excluding hydrogens is 503 g/mol. The first-order valence-corrected chi connectivity index (χ1v) is 12.7. The molecule has 0 spiro atoms. The number of aliphatic hydroxyl groups excluding tert-OH is 1. The minimum atomic E-state index is -5.71. The second-order valence-electron chi connectivity index (χ2n) is 5.74. The van der Waals surface area contributed by atoms with Crippen LogP contribution in [-0.2, 0) is 38.3 Å². The first kappa shape index (κ1) is 28.6. The van der Waals surface area contributed by atoms with Gasteiger partial charge in [-0.3, -0.25) is 18.9 Å². The highest BCUT2D eigenvalue weighted by Crippen LogP contribution is 2.66. The van der Waals surface area contributed by atoms with Gasteiger partial charge in [0.1, 0.15) is 18.4 Å². The third-order valence-electron chi connectivity index (χ3n) is 3.12. The van der Waals surface area contributed by atoms with E-state index in [9.17, 15) is 33.3 Å². The number of hydrogen-bond donors (Lipinski definition) is 7. The molecule has 0 saturated heterocycles. The summed E-state index contributed by atoms with van der Waals surface area (Å²) in [7, 11) is -16.7. The number of ether oxygens (including phenoxy) is 1. The van der Waals surface area contributed by atoms with Crippen LogP contribution in [0.2, 0.25) is 0 Å². The average Bonchev–Trinajstić information content (AvgIpc) is 2.58. The van der Waals surface area contributed by atoms with Crippen LogP contribution >= 0.6 is 23.5 Å². The van der Waals surface area contributed by atoms with Crippen molar-refractivity contribution in [2.75, 3.05) is 13.2 Å². The normalized spacial score (nSPS) is 17.5. The number of aromatic amines is 1. The maximum absolute atomic E-state index is 11.9. The van der Waals surface area contributed by atoms with E-state index in [0.717, 1.165) is 10.8 Å². The van der Waals surface area contributed by atoms with Gasteiger partial charge >= 0.3 is 29.2 Å². The van der Waals surface area contributed by atoms with Crippen molar-refractivity contribution in [2.24, 2.45) is 5.73 Å². The number of phosphoric acid groups is 3. The van der Waals surface area contributed by atoms with Crippen molar-refractivity contribution < 1.29 is 56.3 Å². The molecule has 20 heteroatoms. The smallest absolute Gasteiger partial charge is 0.391 e. The summed E-state index contributed by atoms with van der Waals surface area (Å²) in [5, 5.41) is 9.73. The topological polar surface area (TPSA) is 270 Å². The van der Waals surface area contributed by atoms with Gasteiger partial charge in [-0.15, -0.1) is 0 Å². The third-order valence-corrected chi connectivity index (χ3v) is 6.92. The molecule has 0 saturated carbocycles. The quantitative estimate of drug-likeness (QED) is 0.121. The number of H-pyrrole nitrogens is 1. The molecule has 2 unspecified atom stereocenters. The molecule has 32 heavy (non-hydrogen) atoms. The predicted octanol–water partition coefficient (Wildman–Crippen LogP) is -2.09. The van der Waals surface area contributed by atoms with Gasteiger partial charge in [0.05, 0.1) is 19.3 Å². The van der Waals surface area contributed by atoms with E-state index in [1.165, 1.54) is 6.92 Å². The Bertz CT molecular complexity index is 1110. The zero-order valence-corrected chi connectivity index (χ0v) is 18.8. The average molecular weight is 523 g/mol. The first-order valence-electron chi connectivity index (χ1n) is 8.16. The minimum Gasteiger partial charge on any atom is -0.391 e. The maximum Gasteiger partial charge on any atom is 0.490 e. The lowest BCUT2D eigenvalue weighted by Gasteiger charge is -2.22. The summed E-state index contributed by atoms with van der Waals surface area (Å²) in [5.41, 5.74) is 3.39. The van der Waals surface area contributed by atoms with Crippen LogP contribution in [0.1, 0.15) is 12.5 Å². The molecule has 0 aliphatic heterocycles. The Hall–Kier alpha value is -1.47. The summed E-state index contributed by atoms with van der Waals surface area (Å²) >= 11 is 0. The Balaban J connectivity index is 2.87. The number of aromatic nitrogens is 2. The van der Waals surface area contributed by atoms with E-state index >= 15 is 0 Å². The molecule has 182 valence electrons. The lowest BCUT2D eigenvalue weighted by atomic mass is 10.2. The maximum atomic E-state index is 11.9. The van der Waals surface area contributed by atoms with Gasteiger partial charge in [-0.25, -0.2) is 18.5 Å². The van der Waals surface area contributed by atoms with Crippen LogP contribution in [0.4, 0.5) is 0 Å². The molecular formula is C12H20N3O14P3. The predicted molar refractivity (Wildman–Crippen MR) is 104 cm³/mol. The minimum absolute atomic E-state index is 0.0558. The van der Waals surface area contributed by atoms with Crippen molar-refractivity contribution in [1.29, 1.82) is 0 Å². The lowest BCUT2D eigenvalue weighted by molar-refractivity contribution is -0.0809. The van der Waals surface area contributed by atoms with Gasteiger partial charge < -0.3 is 35.2 Å². The number of nitrogens with two attached hydrogens (primary N) is 1. The van der Waals surface area contributed by atoms with E-state index in [1.54, 1.807) is 0 Å². The van der Waals surface area contributed by atoms with Gasteiger partial charge in [-0.2, -0.15) is 8.62 Å². The summed E-state index contributed by atoms with van der Waals surface area (Å²) in [6.45, 7) is -0.458. The van der Waals surface area contributed by atoms with Crippen molar-refractivity contribution in [3.8, 4) is 11.8 Å². The number of aliphatic hydroxyl groups is 1. The fraction of sp³-hybridized carbons (Fsp3) is 0.500. The molecule has 4 atom stereocenters. The number of hydrogen-bond acceptors (Lipinski definition) is 11. The number of rotatable bonds is 11. The molecule has 0 aliphatic carbocycles.